The molecule has 9 nitrogen and oxygen atoms in total. The lowest BCUT2D eigenvalue weighted by Crippen LogP contribution is -2.46. The van der Waals surface area contributed by atoms with Crippen molar-refractivity contribution in [3.63, 3.8) is 0 Å². The van der Waals surface area contributed by atoms with E-state index in [1.165, 1.54) is 0 Å². The summed E-state index contributed by atoms with van der Waals surface area (Å²) < 4.78 is 0. The zero-order valence-corrected chi connectivity index (χ0v) is 33.9. The number of nitrogens with one attached hydrogen (secondary N) is 2. The van der Waals surface area contributed by atoms with Gasteiger partial charge < -0.3 is 20.1 Å². The number of H-pyrrole nitrogens is 1. The van der Waals surface area contributed by atoms with Gasteiger partial charge in [-0.25, -0.2) is 0 Å². The van der Waals surface area contributed by atoms with Gasteiger partial charge in [-0.05, 0) is 84.5 Å². The number of hydrogen-bond donors (Lipinski definition) is 2. The molecular weight excluding hydrogens is 713 g/mol. The number of carbonyl (C=O) groups is 5. The number of likely N-dealkylation sites (tertiary alicyclic amines) is 2. The fraction of sp³-hybridized carbons (Fsp3) is 0.479. The number of rotatable bonds is 15. The number of aromatic amines is 1. The van der Waals surface area contributed by atoms with Gasteiger partial charge >= 0.3 is 0 Å². The fourth-order valence-corrected chi connectivity index (χ4v) is 8.59. The van der Waals surface area contributed by atoms with Gasteiger partial charge in [-0.15, -0.1) is 0 Å². The van der Waals surface area contributed by atoms with Crippen LogP contribution in [0.2, 0.25) is 0 Å². The monoisotopic (exact) mass is 774 g/mol. The van der Waals surface area contributed by atoms with Gasteiger partial charge in [0.25, 0.3) is 0 Å². The van der Waals surface area contributed by atoms with Gasteiger partial charge in [0, 0.05) is 61.3 Å². The first-order valence-electron chi connectivity index (χ1n) is 20.3. The average molecular weight is 775 g/mol. The maximum atomic E-state index is 13.8. The lowest BCUT2D eigenvalue weighted by molar-refractivity contribution is -0.143. The Morgan fingerprint density at radius 1 is 0.772 bits per heavy atom. The Hall–Kier alpha value is -4.89. The van der Waals surface area contributed by atoms with Gasteiger partial charge in [0.15, 0.2) is 11.6 Å². The van der Waals surface area contributed by atoms with E-state index < -0.39 is 24.0 Å². The van der Waals surface area contributed by atoms with E-state index in [0.717, 1.165) is 51.7 Å². The van der Waals surface area contributed by atoms with Gasteiger partial charge in [0.2, 0.25) is 11.8 Å². The maximum absolute atomic E-state index is 13.8. The molecule has 2 aliphatic heterocycles. The first-order chi connectivity index (χ1) is 26.7. The number of carbonyl (C=O) groups excluding carboxylic acids is 5. The Morgan fingerprint density at radius 2 is 1.35 bits per heavy atom. The van der Waals surface area contributed by atoms with E-state index in [2.05, 4.69) is 16.4 Å². The second-order valence-corrected chi connectivity index (χ2v) is 17.4. The Morgan fingerprint density at radius 3 is 1.93 bits per heavy atom. The zero-order chi connectivity index (χ0) is 40.1. The summed E-state index contributed by atoms with van der Waals surface area (Å²) in [7, 11) is 1.78. The summed E-state index contributed by atoms with van der Waals surface area (Å²) in [4.78, 5) is 74.5. The second-order valence-electron chi connectivity index (χ2n) is 17.4. The normalized spacial score (nSPS) is 18.1. The van der Waals surface area contributed by atoms with Crippen LogP contribution in [0.3, 0.4) is 0 Å². The minimum Gasteiger partial charge on any atom is -0.355 e. The van der Waals surface area contributed by atoms with Crippen LogP contribution in [0.4, 0.5) is 0 Å². The predicted octanol–water partition coefficient (Wildman–Crippen LogP) is 8.30. The molecule has 0 unspecified atom stereocenters. The van der Waals surface area contributed by atoms with E-state index >= 15 is 0 Å². The van der Waals surface area contributed by atoms with Crippen LogP contribution in [-0.2, 0) is 36.8 Å². The minimum absolute atomic E-state index is 0. The second kappa shape index (κ2) is 18.6. The van der Waals surface area contributed by atoms with Gasteiger partial charge in [0.1, 0.15) is 11.8 Å². The molecule has 6 rings (SSSR count). The summed E-state index contributed by atoms with van der Waals surface area (Å²) in [5.74, 6) is -0.376. The summed E-state index contributed by atoms with van der Waals surface area (Å²) in [6, 6.07) is 24.3. The molecule has 2 fully saturated rings. The van der Waals surface area contributed by atoms with Gasteiger partial charge in [-0.3, -0.25) is 24.0 Å². The summed E-state index contributed by atoms with van der Waals surface area (Å²) in [5.41, 5.74) is 5.41. The largest absolute Gasteiger partial charge is 0.355 e. The smallest absolute Gasteiger partial charge is 0.244 e. The van der Waals surface area contributed by atoms with Crippen molar-refractivity contribution in [1.82, 2.24) is 20.1 Å². The number of hydrogen-bond acceptors (Lipinski definition) is 6. The predicted molar refractivity (Wildman–Crippen MR) is 228 cm³/mol. The van der Waals surface area contributed by atoms with Gasteiger partial charge in [0.05, 0.1) is 12.1 Å². The van der Waals surface area contributed by atoms with Gasteiger partial charge in [-0.1, -0.05) is 103 Å². The van der Waals surface area contributed by atoms with Crippen LogP contribution in [0, 0.1) is 17.3 Å². The van der Waals surface area contributed by atoms with Crippen LogP contribution in [0.5, 0.6) is 0 Å². The minimum atomic E-state index is -0.493. The Kier molecular flexibility index (Phi) is 14.1. The highest BCUT2D eigenvalue weighted by molar-refractivity contribution is 5.95. The van der Waals surface area contributed by atoms with Crippen molar-refractivity contribution >= 4 is 40.1 Å². The number of Topliss-reactive ketones (excluding diaryl/α,β-unsaturated/α-hetero) is 3. The van der Waals surface area contributed by atoms with E-state index in [1.54, 1.807) is 16.8 Å². The van der Waals surface area contributed by atoms with E-state index in [9.17, 15) is 24.0 Å². The number of aromatic nitrogens is 1. The van der Waals surface area contributed by atoms with Crippen molar-refractivity contribution < 1.29 is 24.0 Å². The number of ketones is 3. The van der Waals surface area contributed by atoms with E-state index in [-0.39, 0.29) is 67.2 Å². The highest BCUT2D eigenvalue weighted by atomic mass is 16.2. The molecule has 1 aromatic heterocycles. The lowest BCUT2D eigenvalue weighted by Gasteiger charge is -2.30. The molecule has 4 atom stereocenters. The molecule has 0 bridgehead atoms. The molecule has 0 aliphatic carbocycles. The van der Waals surface area contributed by atoms with Crippen LogP contribution in [0.1, 0.15) is 103 Å². The fourth-order valence-electron chi connectivity index (χ4n) is 8.59. The Labute approximate surface area is 339 Å². The molecule has 57 heavy (non-hydrogen) atoms. The number of amides is 2. The van der Waals surface area contributed by atoms with Crippen LogP contribution in [0.25, 0.3) is 22.2 Å². The average Bonchev–Trinajstić information content (AvgIpc) is 3.94. The van der Waals surface area contributed by atoms with Crippen LogP contribution in [0.15, 0.2) is 78.9 Å². The number of benzene rings is 3. The number of fused-ring (bicyclic) bond motifs is 1. The molecule has 0 radical (unpaired) electrons. The molecule has 304 valence electrons. The Balaban J connectivity index is 0.00000620. The molecule has 2 amide bonds. The topological polar surface area (TPSA) is 120 Å². The quantitative estimate of drug-likeness (QED) is 0.126. The molecule has 4 aromatic rings. The number of likely N-dealkylation sites (N-methyl/N-ethyl adjacent to an activating group) is 1. The third-order valence-corrected chi connectivity index (χ3v) is 11.5. The molecule has 0 saturated carbocycles. The van der Waals surface area contributed by atoms with E-state index in [4.69, 9.17) is 0 Å². The maximum Gasteiger partial charge on any atom is 0.244 e. The van der Waals surface area contributed by atoms with Crippen molar-refractivity contribution in [2.24, 2.45) is 17.3 Å². The highest BCUT2D eigenvalue weighted by Crippen LogP contribution is 2.31. The van der Waals surface area contributed by atoms with Crippen molar-refractivity contribution in [2.45, 2.75) is 112 Å². The standard InChI is InChI=1S/C47H58N4O5.CH4/c1-30(2)37(28-36(52)29-47(3,4)5)45(55)50-22-10-14-40(50)42(53)25-31-16-19-33(20-17-31)39-27-35-24-32(18-21-38(35)49-39)26-43(54)41-15-11-23-51(41)46(56)44(48-6)34-12-8-7-9-13-34;/h7-9,12-13,16-21,24,27,30,37,40-41,44,48-49H,10-11,14-15,22-23,25-26,28-29H2,1-6H3;1H4/t37-,40+,41+,44-;/m1./s1. The van der Waals surface area contributed by atoms with Crippen LogP contribution in [-0.4, -0.2) is 76.2 Å². The van der Waals surface area contributed by atoms with Crippen LogP contribution < -0.4 is 5.32 Å². The third-order valence-electron chi connectivity index (χ3n) is 11.5. The summed E-state index contributed by atoms with van der Waals surface area (Å²) >= 11 is 0. The Bertz CT molecular complexity index is 2040. The summed E-state index contributed by atoms with van der Waals surface area (Å²) in [6.07, 6.45) is 4.04. The first-order valence-corrected chi connectivity index (χ1v) is 20.3. The van der Waals surface area contributed by atoms with Crippen LogP contribution >= 0.6 is 0 Å². The van der Waals surface area contributed by atoms with Crippen molar-refractivity contribution in [3.05, 3.63) is 95.6 Å². The highest BCUT2D eigenvalue weighted by Gasteiger charge is 2.39. The SMILES string of the molecule is C.CN[C@@H](C(=O)N1CCC[C@H]1C(=O)Cc1ccc2[nH]c(-c3ccc(CC(=O)[C@@H]4CCCN4C(=O)[C@H](CC(=O)CC(C)(C)C)C(C)C)cc3)cc2c1)c1ccccc1. The van der Waals surface area contributed by atoms with Gasteiger partial charge in [-0.2, -0.15) is 0 Å². The lowest BCUT2D eigenvalue weighted by atomic mass is 9.83. The molecule has 2 N–H and O–H groups in total. The molecule has 0 spiro atoms. The summed E-state index contributed by atoms with van der Waals surface area (Å²) in [5, 5.41) is 4.14. The number of nitrogens with zero attached hydrogens (tertiary/aromatic N) is 2. The molecular formula is C48H62N4O5. The summed E-state index contributed by atoms with van der Waals surface area (Å²) in [6.45, 7) is 11.2. The molecule has 3 aromatic carbocycles. The van der Waals surface area contributed by atoms with E-state index in [1.807, 2.05) is 107 Å². The van der Waals surface area contributed by atoms with Crippen molar-refractivity contribution in [1.29, 1.82) is 0 Å². The van der Waals surface area contributed by atoms with E-state index in [0.29, 0.717) is 32.4 Å². The molecule has 3 heterocycles. The van der Waals surface area contributed by atoms with Crippen molar-refractivity contribution in [2.75, 3.05) is 20.1 Å². The molecule has 2 aliphatic rings. The molecule has 2 saturated heterocycles. The van der Waals surface area contributed by atoms with Crippen molar-refractivity contribution in [3.8, 4) is 11.3 Å². The molecule has 9 heteroatoms. The first kappa shape index (κ1) is 43.2. The third kappa shape index (κ3) is 10.4. The zero-order valence-electron chi connectivity index (χ0n) is 33.9.